The summed E-state index contributed by atoms with van der Waals surface area (Å²) in [4.78, 5) is 26.0. The molecular formula is C17H26N4O2. The lowest BCUT2D eigenvalue weighted by Crippen LogP contribution is -2.39. The van der Waals surface area contributed by atoms with E-state index in [0.29, 0.717) is 12.3 Å². The van der Waals surface area contributed by atoms with E-state index in [4.69, 9.17) is 5.73 Å². The van der Waals surface area contributed by atoms with Crippen LogP contribution < -0.4 is 5.73 Å². The van der Waals surface area contributed by atoms with Gasteiger partial charge in [-0.25, -0.2) is 0 Å². The van der Waals surface area contributed by atoms with E-state index in [-0.39, 0.29) is 17.6 Å². The predicted molar refractivity (Wildman–Crippen MR) is 86.6 cm³/mol. The molecular weight excluding hydrogens is 292 g/mol. The minimum absolute atomic E-state index is 0.000408. The van der Waals surface area contributed by atoms with Crippen molar-refractivity contribution in [1.29, 1.82) is 0 Å². The van der Waals surface area contributed by atoms with Crippen molar-refractivity contribution in [1.82, 2.24) is 15.1 Å². The highest BCUT2D eigenvalue weighted by molar-refractivity contribution is 5.90. The maximum Gasteiger partial charge on any atom is 0.269 e. The van der Waals surface area contributed by atoms with Gasteiger partial charge in [-0.3, -0.25) is 14.7 Å². The Kier molecular flexibility index (Phi) is 4.98. The average Bonchev–Trinajstić information content (AvgIpc) is 3.06. The molecule has 6 heteroatoms. The van der Waals surface area contributed by atoms with Crippen LogP contribution in [0, 0.1) is 5.92 Å². The largest absolute Gasteiger partial charge is 0.364 e. The van der Waals surface area contributed by atoms with Gasteiger partial charge in [-0.1, -0.05) is 19.3 Å². The molecule has 0 aromatic carbocycles. The van der Waals surface area contributed by atoms with Gasteiger partial charge in [0, 0.05) is 13.0 Å². The Bertz CT molecular complexity index is 563. The SMILES string of the molecule is NC(=O)c1cc(C2CCCCN2C(=O)CC2CCCCC2)[nH]n1. The van der Waals surface area contributed by atoms with Gasteiger partial charge >= 0.3 is 0 Å². The van der Waals surface area contributed by atoms with Gasteiger partial charge < -0.3 is 10.6 Å². The van der Waals surface area contributed by atoms with E-state index >= 15 is 0 Å². The first kappa shape index (κ1) is 16.0. The Morgan fingerprint density at radius 1 is 1.17 bits per heavy atom. The van der Waals surface area contributed by atoms with Crippen LogP contribution in [0.3, 0.4) is 0 Å². The van der Waals surface area contributed by atoms with Gasteiger partial charge in [0.1, 0.15) is 5.69 Å². The first-order chi connectivity index (χ1) is 11.1. The van der Waals surface area contributed by atoms with Crippen LogP contribution in [0.4, 0.5) is 0 Å². The van der Waals surface area contributed by atoms with E-state index in [1.165, 1.54) is 32.1 Å². The number of primary amides is 1. The maximum atomic E-state index is 12.8. The highest BCUT2D eigenvalue weighted by Crippen LogP contribution is 2.33. The second-order valence-electron chi connectivity index (χ2n) is 6.88. The first-order valence-corrected chi connectivity index (χ1v) is 8.79. The fourth-order valence-electron chi connectivity index (χ4n) is 3.94. The Morgan fingerprint density at radius 2 is 1.91 bits per heavy atom. The molecule has 1 aliphatic heterocycles. The van der Waals surface area contributed by atoms with Crippen LogP contribution >= 0.6 is 0 Å². The lowest BCUT2D eigenvalue weighted by Gasteiger charge is -2.36. The normalized spacial score (nSPS) is 23.0. The van der Waals surface area contributed by atoms with E-state index in [1.54, 1.807) is 6.07 Å². The zero-order chi connectivity index (χ0) is 16.2. The Hall–Kier alpha value is -1.85. The van der Waals surface area contributed by atoms with E-state index < -0.39 is 5.91 Å². The van der Waals surface area contributed by atoms with Gasteiger partial charge in [0.2, 0.25) is 5.91 Å². The number of nitrogens with zero attached hydrogens (tertiary/aromatic N) is 2. The molecule has 2 amide bonds. The molecule has 2 fully saturated rings. The molecule has 1 saturated heterocycles. The molecule has 1 saturated carbocycles. The van der Waals surface area contributed by atoms with Crippen molar-refractivity contribution in [2.75, 3.05) is 6.54 Å². The average molecular weight is 318 g/mol. The number of carbonyl (C=O) groups is 2. The molecule has 1 aromatic heterocycles. The zero-order valence-corrected chi connectivity index (χ0v) is 13.6. The summed E-state index contributed by atoms with van der Waals surface area (Å²) >= 11 is 0. The molecule has 126 valence electrons. The standard InChI is InChI=1S/C17H26N4O2/c18-17(23)14-11-13(19-20-14)15-8-4-5-9-21(15)16(22)10-12-6-2-1-3-7-12/h11-12,15H,1-10H2,(H2,18,23)(H,19,20). The van der Waals surface area contributed by atoms with E-state index in [0.717, 1.165) is 31.5 Å². The van der Waals surface area contributed by atoms with E-state index in [9.17, 15) is 9.59 Å². The minimum atomic E-state index is -0.539. The van der Waals surface area contributed by atoms with Crippen LogP contribution in [0.1, 0.15) is 80.0 Å². The molecule has 0 spiro atoms. The van der Waals surface area contributed by atoms with Crippen LogP contribution in [0.15, 0.2) is 6.07 Å². The summed E-state index contributed by atoms with van der Waals surface area (Å²) < 4.78 is 0. The minimum Gasteiger partial charge on any atom is -0.364 e. The van der Waals surface area contributed by atoms with Crippen LogP contribution in [0.5, 0.6) is 0 Å². The van der Waals surface area contributed by atoms with Crippen molar-refractivity contribution in [3.05, 3.63) is 17.5 Å². The van der Waals surface area contributed by atoms with Crippen LogP contribution in [0.25, 0.3) is 0 Å². The summed E-state index contributed by atoms with van der Waals surface area (Å²) in [7, 11) is 0. The number of rotatable bonds is 4. The second kappa shape index (κ2) is 7.15. The molecule has 6 nitrogen and oxygen atoms in total. The second-order valence-corrected chi connectivity index (χ2v) is 6.88. The topological polar surface area (TPSA) is 92.1 Å². The van der Waals surface area contributed by atoms with Crippen molar-refractivity contribution in [2.45, 2.75) is 63.8 Å². The molecule has 1 aliphatic carbocycles. The van der Waals surface area contributed by atoms with Crippen LogP contribution in [0.2, 0.25) is 0 Å². The molecule has 2 aliphatic rings. The van der Waals surface area contributed by atoms with Gasteiger partial charge in [-0.15, -0.1) is 0 Å². The smallest absolute Gasteiger partial charge is 0.269 e. The number of carbonyl (C=O) groups excluding carboxylic acids is 2. The lowest BCUT2D eigenvalue weighted by atomic mass is 9.86. The zero-order valence-electron chi connectivity index (χ0n) is 13.6. The van der Waals surface area contributed by atoms with Crippen LogP contribution in [-0.2, 0) is 4.79 Å². The molecule has 23 heavy (non-hydrogen) atoms. The number of hydrogen-bond donors (Lipinski definition) is 2. The molecule has 1 atom stereocenters. The summed E-state index contributed by atoms with van der Waals surface area (Å²) in [5.41, 5.74) is 6.34. The number of likely N-dealkylation sites (tertiary alicyclic amines) is 1. The number of aromatic nitrogens is 2. The monoisotopic (exact) mass is 318 g/mol. The first-order valence-electron chi connectivity index (χ1n) is 8.79. The molecule has 3 N–H and O–H groups in total. The highest BCUT2D eigenvalue weighted by atomic mass is 16.2. The van der Waals surface area contributed by atoms with Crippen molar-refractivity contribution in [3.63, 3.8) is 0 Å². The van der Waals surface area contributed by atoms with Crippen LogP contribution in [-0.4, -0.2) is 33.5 Å². The van der Waals surface area contributed by atoms with Crippen molar-refractivity contribution >= 4 is 11.8 Å². The fourth-order valence-corrected chi connectivity index (χ4v) is 3.94. The summed E-state index contributed by atoms with van der Waals surface area (Å²) in [5, 5.41) is 6.86. The molecule has 0 radical (unpaired) electrons. The van der Waals surface area contributed by atoms with E-state index in [2.05, 4.69) is 10.2 Å². The third-order valence-electron chi connectivity index (χ3n) is 5.22. The summed E-state index contributed by atoms with van der Waals surface area (Å²) in [6, 6.07) is 1.69. The third kappa shape index (κ3) is 3.74. The number of nitrogens with two attached hydrogens (primary N) is 1. The third-order valence-corrected chi connectivity index (χ3v) is 5.22. The quantitative estimate of drug-likeness (QED) is 0.893. The Labute approximate surface area is 136 Å². The Morgan fingerprint density at radius 3 is 2.61 bits per heavy atom. The number of amides is 2. The predicted octanol–water partition coefficient (Wildman–Crippen LogP) is 2.53. The van der Waals surface area contributed by atoms with E-state index in [1.807, 2.05) is 4.90 Å². The van der Waals surface area contributed by atoms with Gasteiger partial charge in [0.25, 0.3) is 5.91 Å². The van der Waals surface area contributed by atoms with Crippen molar-refractivity contribution < 1.29 is 9.59 Å². The van der Waals surface area contributed by atoms with Crippen molar-refractivity contribution in [3.8, 4) is 0 Å². The summed E-state index contributed by atoms with van der Waals surface area (Å²) in [6.45, 7) is 0.793. The molecule has 1 unspecified atom stereocenters. The summed E-state index contributed by atoms with van der Waals surface area (Å²) in [5.74, 6) is 0.252. The number of piperidine rings is 1. The van der Waals surface area contributed by atoms with Gasteiger partial charge in [-0.05, 0) is 44.1 Å². The number of H-pyrrole nitrogens is 1. The van der Waals surface area contributed by atoms with Gasteiger partial charge in [0.15, 0.2) is 0 Å². The fraction of sp³-hybridized carbons (Fsp3) is 0.706. The van der Waals surface area contributed by atoms with Gasteiger partial charge in [0.05, 0.1) is 11.7 Å². The lowest BCUT2D eigenvalue weighted by molar-refractivity contribution is -0.136. The number of hydrogen-bond acceptors (Lipinski definition) is 3. The van der Waals surface area contributed by atoms with Crippen molar-refractivity contribution in [2.24, 2.45) is 11.7 Å². The highest BCUT2D eigenvalue weighted by Gasteiger charge is 2.31. The Balaban J connectivity index is 1.69. The number of nitrogens with one attached hydrogen (secondary N) is 1. The summed E-state index contributed by atoms with van der Waals surface area (Å²) in [6.07, 6.45) is 9.88. The molecule has 0 bridgehead atoms. The van der Waals surface area contributed by atoms with Gasteiger partial charge in [-0.2, -0.15) is 5.10 Å². The number of aromatic amines is 1. The molecule has 3 rings (SSSR count). The molecule has 1 aromatic rings. The maximum absolute atomic E-state index is 12.8. The molecule has 2 heterocycles.